The molecule has 0 heterocycles. The maximum atomic E-state index is 11.4. The van der Waals surface area contributed by atoms with Crippen molar-refractivity contribution >= 4 is 17.9 Å². The van der Waals surface area contributed by atoms with Gasteiger partial charge in [-0.1, -0.05) is 46.3 Å². The van der Waals surface area contributed by atoms with Gasteiger partial charge in [0, 0.05) is 19.3 Å². The summed E-state index contributed by atoms with van der Waals surface area (Å²) < 4.78 is 0.596. The highest BCUT2D eigenvalue weighted by Gasteiger charge is 2.31. The number of allylic oxidation sites excluding steroid dienone is 2. The highest BCUT2D eigenvalue weighted by atomic mass is 16.4. The number of carbonyl (C=O) groups is 3. The molecule has 3 N–H and O–H groups in total. The van der Waals surface area contributed by atoms with Crippen LogP contribution in [-0.4, -0.2) is 63.9 Å². The Morgan fingerprint density at radius 2 is 1.06 bits per heavy atom. The van der Waals surface area contributed by atoms with Gasteiger partial charge < -0.3 is 19.8 Å². The standard InChI is InChI=1S/C25H45NO6/c1-5-6-7-8-9-10-11-12-16-26(17-13-20(2)23(27)28,18-14-21(3)24(29)30)19-15-22(4)25(31)32/h7-8,20-22H,5-6,9-19H2,1-4H3,(H2-,27,28,29,30,31,32)/p+1/b8-7+. The summed E-state index contributed by atoms with van der Waals surface area (Å²) in [6.45, 7) is 9.94. The predicted octanol–water partition coefficient (Wildman–Crippen LogP) is 5.05. The van der Waals surface area contributed by atoms with E-state index in [1.165, 1.54) is 0 Å². The lowest BCUT2D eigenvalue weighted by molar-refractivity contribution is -0.929. The van der Waals surface area contributed by atoms with Gasteiger partial charge in [-0.2, -0.15) is 0 Å². The number of hydrogen-bond acceptors (Lipinski definition) is 3. The van der Waals surface area contributed by atoms with Gasteiger partial charge in [0.2, 0.25) is 0 Å². The molecule has 0 saturated heterocycles. The Balaban J connectivity index is 5.26. The zero-order valence-electron chi connectivity index (χ0n) is 20.6. The quantitative estimate of drug-likeness (QED) is 0.134. The lowest BCUT2D eigenvalue weighted by Crippen LogP contribution is -2.52. The molecule has 0 aliphatic rings. The third-order valence-corrected chi connectivity index (χ3v) is 6.50. The first-order valence-electron chi connectivity index (χ1n) is 12.2. The van der Waals surface area contributed by atoms with Crippen molar-refractivity contribution in [1.82, 2.24) is 0 Å². The Labute approximate surface area is 194 Å². The topological polar surface area (TPSA) is 112 Å². The molecule has 0 aliphatic heterocycles. The van der Waals surface area contributed by atoms with E-state index in [4.69, 9.17) is 0 Å². The Kier molecular flexibility index (Phi) is 15.7. The molecule has 186 valence electrons. The van der Waals surface area contributed by atoms with Crippen molar-refractivity contribution in [1.29, 1.82) is 0 Å². The fourth-order valence-electron chi connectivity index (χ4n) is 3.73. The van der Waals surface area contributed by atoms with Crippen molar-refractivity contribution < 1.29 is 34.2 Å². The highest BCUT2D eigenvalue weighted by molar-refractivity contribution is 5.70. The number of carboxylic acids is 3. The molecule has 3 atom stereocenters. The van der Waals surface area contributed by atoms with Gasteiger partial charge >= 0.3 is 17.9 Å². The van der Waals surface area contributed by atoms with Crippen LogP contribution in [0.4, 0.5) is 0 Å². The second-order valence-electron chi connectivity index (χ2n) is 9.43. The van der Waals surface area contributed by atoms with Gasteiger partial charge in [-0.3, -0.25) is 14.4 Å². The zero-order valence-corrected chi connectivity index (χ0v) is 20.6. The number of hydrogen-bond donors (Lipinski definition) is 3. The molecule has 0 spiro atoms. The first-order chi connectivity index (χ1) is 15.0. The first-order valence-corrected chi connectivity index (χ1v) is 12.2. The summed E-state index contributed by atoms with van der Waals surface area (Å²) in [4.78, 5) is 34.1. The Bertz CT molecular complexity index is 529. The van der Waals surface area contributed by atoms with Crippen LogP contribution >= 0.6 is 0 Å². The maximum absolute atomic E-state index is 11.4. The highest BCUT2D eigenvalue weighted by Crippen LogP contribution is 2.21. The molecule has 0 aromatic carbocycles. The Morgan fingerprint density at radius 1 is 0.656 bits per heavy atom. The van der Waals surface area contributed by atoms with Gasteiger partial charge in [-0.15, -0.1) is 0 Å². The van der Waals surface area contributed by atoms with Gasteiger partial charge in [0.05, 0.1) is 43.9 Å². The number of unbranched alkanes of at least 4 members (excludes halogenated alkanes) is 4. The molecule has 0 radical (unpaired) electrons. The van der Waals surface area contributed by atoms with Crippen molar-refractivity contribution in [3.63, 3.8) is 0 Å². The zero-order chi connectivity index (χ0) is 24.6. The van der Waals surface area contributed by atoms with Crippen LogP contribution in [0.5, 0.6) is 0 Å². The average Bonchev–Trinajstić information content (AvgIpc) is 2.75. The minimum atomic E-state index is -0.834. The minimum absolute atomic E-state index is 0.481. The van der Waals surface area contributed by atoms with Crippen LogP contribution < -0.4 is 0 Å². The Morgan fingerprint density at radius 3 is 1.44 bits per heavy atom. The summed E-state index contributed by atoms with van der Waals surface area (Å²) in [5.74, 6) is -3.95. The number of aliphatic carboxylic acids is 3. The van der Waals surface area contributed by atoms with Crippen LogP contribution in [-0.2, 0) is 14.4 Å². The van der Waals surface area contributed by atoms with E-state index in [1.807, 2.05) is 0 Å². The van der Waals surface area contributed by atoms with E-state index in [9.17, 15) is 29.7 Å². The second-order valence-corrected chi connectivity index (χ2v) is 9.43. The lowest BCUT2D eigenvalue weighted by Gasteiger charge is -2.40. The number of nitrogens with zero attached hydrogens (tertiary/aromatic N) is 1. The molecule has 0 saturated carbocycles. The van der Waals surface area contributed by atoms with E-state index >= 15 is 0 Å². The molecule has 0 aliphatic carbocycles. The van der Waals surface area contributed by atoms with E-state index in [-0.39, 0.29) is 0 Å². The van der Waals surface area contributed by atoms with Gasteiger partial charge in [-0.25, -0.2) is 0 Å². The van der Waals surface area contributed by atoms with Gasteiger partial charge in [0.1, 0.15) is 0 Å². The van der Waals surface area contributed by atoms with Crippen molar-refractivity contribution in [2.24, 2.45) is 17.8 Å². The van der Waals surface area contributed by atoms with E-state index < -0.39 is 35.7 Å². The second kappa shape index (κ2) is 16.7. The average molecular weight is 457 g/mol. The summed E-state index contributed by atoms with van der Waals surface area (Å²) >= 11 is 0. The van der Waals surface area contributed by atoms with Crippen LogP contribution in [0.3, 0.4) is 0 Å². The van der Waals surface area contributed by atoms with Crippen molar-refractivity contribution in [3.05, 3.63) is 12.2 Å². The molecule has 7 nitrogen and oxygen atoms in total. The van der Waals surface area contributed by atoms with Gasteiger partial charge in [-0.05, 0) is 32.1 Å². The number of rotatable bonds is 20. The molecule has 0 fully saturated rings. The maximum Gasteiger partial charge on any atom is 0.306 e. The molecular weight excluding hydrogens is 410 g/mol. The normalized spacial score (nSPS) is 16.4. The van der Waals surface area contributed by atoms with Gasteiger partial charge in [0.15, 0.2) is 0 Å². The fraction of sp³-hybridized carbons (Fsp3) is 0.800. The number of quaternary nitrogens is 1. The smallest absolute Gasteiger partial charge is 0.306 e. The van der Waals surface area contributed by atoms with Crippen LogP contribution in [0, 0.1) is 17.8 Å². The molecule has 0 aromatic heterocycles. The molecule has 0 aromatic rings. The summed E-state index contributed by atoms with van der Waals surface area (Å²) in [5.41, 5.74) is 0. The van der Waals surface area contributed by atoms with Crippen molar-refractivity contribution in [3.8, 4) is 0 Å². The van der Waals surface area contributed by atoms with Crippen molar-refractivity contribution in [2.45, 2.75) is 85.5 Å². The summed E-state index contributed by atoms with van der Waals surface area (Å²) in [6.07, 6.45) is 12.3. The Hall–Kier alpha value is -1.89. The third kappa shape index (κ3) is 13.5. The summed E-state index contributed by atoms with van der Waals surface area (Å²) in [7, 11) is 0. The first kappa shape index (κ1) is 30.1. The molecule has 3 unspecified atom stereocenters. The minimum Gasteiger partial charge on any atom is -0.481 e. The number of carboxylic acid groups (broad SMARTS) is 3. The van der Waals surface area contributed by atoms with E-state index in [0.29, 0.717) is 43.4 Å². The van der Waals surface area contributed by atoms with E-state index in [0.717, 1.165) is 45.1 Å². The monoisotopic (exact) mass is 456 g/mol. The summed E-state index contributed by atoms with van der Waals surface area (Å²) in [5, 5.41) is 28.0. The molecule has 0 rings (SSSR count). The largest absolute Gasteiger partial charge is 0.481 e. The lowest BCUT2D eigenvalue weighted by atomic mass is 10.0. The fourth-order valence-corrected chi connectivity index (χ4v) is 3.73. The van der Waals surface area contributed by atoms with E-state index in [1.54, 1.807) is 20.8 Å². The van der Waals surface area contributed by atoms with Crippen LogP contribution in [0.2, 0.25) is 0 Å². The van der Waals surface area contributed by atoms with Gasteiger partial charge in [0.25, 0.3) is 0 Å². The molecule has 32 heavy (non-hydrogen) atoms. The van der Waals surface area contributed by atoms with Crippen molar-refractivity contribution in [2.75, 3.05) is 26.2 Å². The molecule has 0 bridgehead atoms. The third-order valence-electron chi connectivity index (χ3n) is 6.50. The van der Waals surface area contributed by atoms with E-state index in [2.05, 4.69) is 19.1 Å². The molecule has 7 heteroatoms. The van der Waals surface area contributed by atoms with Crippen LogP contribution in [0.25, 0.3) is 0 Å². The summed E-state index contributed by atoms with van der Waals surface area (Å²) in [6, 6.07) is 0. The molecule has 0 amide bonds. The molecular formula is C25H46NO6+. The van der Waals surface area contributed by atoms with Crippen LogP contribution in [0.1, 0.15) is 85.5 Å². The predicted molar refractivity (Wildman–Crippen MR) is 126 cm³/mol. The van der Waals surface area contributed by atoms with Crippen LogP contribution in [0.15, 0.2) is 12.2 Å². The SMILES string of the molecule is CCC/C=C/CCCCC[N+](CCC(C)C(=O)O)(CCC(C)C(=O)O)CCC(C)C(=O)O.